The molecule has 0 radical (unpaired) electrons. The van der Waals surface area contributed by atoms with Crippen molar-refractivity contribution in [2.75, 3.05) is 13.3 Å². The summed E-state index contributed by atoms with van der Waals surface area (Å²) in [6.07, 6.45) is 6.56. The van der Waals surface area contributed by atoms with Gasteiger partial charge in [-0.2, -0.15) is 0 Å². The summed E-state index contributed by atoms with van der Waals surface area (Å²) in [6.45, 7) is 6.61. The lowest BCUT2D eigenvalue weighted by atomic mass is 9.99. The monoisotopic (exact) mass is 183 g/mol. The van der Waals surface area contributed by atoms with Crippen LogP contribution in [0.25, 0.3) is 0 Å². The second-order valence-electron chi connectivity index (χ2n) is 4.77. The van der Waals surface area contributed by atoms with Crippen LogP contribution >= 0.6 is 0 Å². The van der Waals surface area contributed by atoms with E-state index in [1.807, 2.05) is 0 Å². The van der Waals surface area contributed by atoms with Crippen LogP contribution in [0.3, 0.4) is 0 Å². The quantitative estimate of drug-likeness (QED) is 0.649. The first-order valence-electron chi connectivity index (χ1n) is 5.61. The van der Waals surface area contributed by atoms with Crippen LogP contribution in [0, 0.1) is 0 Å². The Morgan fingerprint density at radius 2 is 2.23 bits per heavy atom. The molecule has 1 saturated heterocycles. The third kappa shape index (κ3) is 2.23. The Labute approximate surface area is 81.3 Å². The number of ether oxygens (including phenoxy) is 1. The van der Waals surface area contributed by atoms with Gasteiger partial charge in [0.1, 0.15) is 0 Å². The first kappa shape index (κ1) is 9.47. The summed E-state index contributed by atoms with van der Waals surface area (Å²) >= 11 is 0. The molecule has 2 heteroatoms. The molecule has 0 amide bonds. The van der Waals surface area contributed by atoms with Crippen molar-refractivity contribution in [3.63, 3.8) is 0 Å². The lowest BCUT2D eigenvalue weighted by Gasteiger charge is -2.41. The Kier molecular flexibility index (Phi) is 2.61. The van der Waals surface area contributed by atoms with Crippen molar-refractivity contribution in [1.82, 2.24) is 4.90 Å². The van der Waals surface area contributed by atoms with E-state index in [9.17, 15) is 0 Å². The molecule has 13 heavy (non-hydrogen) atoms. The van der Waals surface area contributed by atoms with Crippen LogP contribution in [0.1, 0.15) is 46.0 Å². The fraction of sp³-hybridized carbons (Fsp3) is 1.00. The third-order valence-corrected chi connectivity index (χ3v) is 3.42. The molecule has 2 aliphatic rings. The highest BCUT2D eigenvalue weighted by molar-refractivity contribution is 4.91. The second kappa shape index (κ2) is 3.58. The molecule has 76 valence electrons. The van der Waals surface area contributed by atoms with Gasteiger partial charge in [-0.3, -0.25) is 4.90 Å². The van der Waals surface area contributed by atoms with Gasteiger partial charge in [-0.15, -0.1) is 0 Å². The zero-order valence-corrected chi connectivity index (χ0v) is 8.88. The highest BCUT2D eigenvalue weighted by Crippen LogP contribution is 2.39. The molecule has 2 nitrogen and oxygen atoms in total. The van der Waals surface area contributed by atoms with Crippen molar-refractivity contribution in [2.24, 2.45) is 0 Å². The first-order chi connectivity index (χ1) is 6.23. The molecular formula is C11H21NO. The number of hydrogen-bond donors (Lipinski definition) is 0. The predicted octanol–water partition coefficient (Wildman–Crippen LogP) is 2.39. The van der Waals surface area contributed by atoms with E-state index in [0.29, 0.717) is 0 Å². The molecule has 0 aromatic rings. The molecule has 2 rings (SSSR count). The highest BCUT2D eigenvalue weighted by atomic mass is 16.5. The largest absolute Gasteiger partial charge is 0.360 e. The van der Waals surface area contributed by atoms with E-state index in [-0.39, 0.29) is 5.60 Å². The van der Waals surface area contributed by atoms with Crippen LogP contribution in [-0.2, 0) is 4.74 Å². The fourth-order valence-electron chi connectivity index (χ4n) is 1.88. The Bertz CT molecular complexity index is 177. The number of hydrogen-bond acceptors (Lipinski definition) is 2. The number of nitrogens with zero attached hydrogens (tertiary/aromatic N) is 1. The Balaban J connectivity index is 1.64. The molecule has 0 aromatic carbocycles. The molecular weight excluding hydrogens is 162 g/mol. The van der Waals surface area contributed by atoms with Crippen molar-refractivity contribution >= 4 is 0 Å². The Hall–Kier alpha value is -0.0800. The maximum absolute atomic E-state index is 5.85. The van der Waals surface area contributed by atoms with Gasteiger partial charge in [0.25, 0.3) is 0 Å². The van der Waals surface area contributed by atoms with E-state index >= 15 is 0 Å². The SMILES string of the molecule is CCCC1CCN1COC1(C)CC1. The maximum atomic E-state index is 5.85. The lowest BCUT2D eigenvalue weighted by molar-refractivity contribution is -0.0794. The molecule has 1 saturated carbocycles. The normalized spacial score (nSPS) is 31.4. The van der Waals surface area contributed by atoms with Crippen molar-refractivity contribution in [3.05, 3.63) is 0 Å². The Morgan fingerprint density at radius 3 is 2.69 bits per heavy atom. The number of likely N-dealkylation sites (tertiary alicyclic amines) is 1. The summed E-state index contributed by atoms with van der Waals surface area (Å²) in [4.78, 5) is 2.48. The molecule has 0 aromatic heterocycles. The van der Waals surface area contributed by atoms with Crippen LogP contribution in [0.15, 0.2) is 0 Å². The second-order valence-corrected chi connectivity index (χ2v) is 4.77. The fourth-order valence-corrected chi connectivity index (χ4v) is 1.88. The van der Waals surface area contributed by atoms with Gasteiger partial charge in [0.05, 0.1) is 12.3 Å². The van der Waals surface area contributed by atoms with E-state index in [0.717, 1.165) is 12.8 Å². The molecule has 1 atom stereocenters. The smallest absolute Gasteiger partial charge is 0.1000 e. The summed E-state index contributed by atoms with van der Waals surface area (Å²) in [5.74, 6) is 0. The van der Waals surface area contributed by atoms with Crippen molar-refractivity contribution in [2.45, 2.75) is 57.6 Å². The van der Waals surface area contributed by atoms with Crippen molar-refractivity contribution < 1.29 is 4.74 Å². The molecule has 1 unspecified atom stereocenters. The van der Waals surface area contributed by atoms with Gasteiger partial charge < -0.3 is 4.74 Å². The van der Waals surface area contributed by atoms with Crippen molar-refractivity contribution in [1.29, 1.82) is 0 Å². The lowest BCUT2D eigenvalue weighted by Crippen LogP contribution is -2.49. The topological polar surface area (TPSA) is 12.5 Å². The van der Waals surface area contributed by atoms with Gasteiger partial charge >= 0.3 is 0 Å². The van der Waals surface area contributed by atoms with Crippen LogP contribution in [-0.4, -0.2) is 29.8 Å². The summed E-state index contributed by atoms with van der Waals surface area (Å²) in [7, 11) is 0. The van der Waals surface area contributed by atoms with E-state index in [1.54, 1.807) is 0 Å². The summed E-state index contributed by atoms with van der Waals surface area (Å²) in [6, 6.07) is 0.826. The van der Waals surface area contributed by atoms with E-state index < -0.39 is 0 Å². The van der Waals surface area contributed by atoms with Crippen molar-refractivity contribution in [3.8, 4) is 0 Å². The predicted molar refractivity (Wildman–Crippen MR) is 53.6 cm³/mol. The van der Waals surface area contributed by atoms with Crippen LogP contribution in [0.5, 0.6) is 0 Å². The molecule has 0 bridgehead atoms. The average molecular weight is 183 g/mol. The summed E-state index contributed by atoms with van der Waals surface area (Å²) in [5, 5.41) is 0. The third-order valence-electron chi connectivity index (χ3n) is 3.42. The zero-order valence-electron chi connectivity index (χ0n) is 8.88. The van der Waals surface area contributed by atoms with Gasteiger partial charge in [-0.05, 0) is 32.6 Å². The minimum Gasteiger partial charge on any atom is -0.360 e. The summed E-state index contributed by atoms with van der Waals surface area (Å²) < 4.78 is 5.85. The van der Waals surface area contributed by atoms with E-state index in [4.69, 9.17) is 4.74 Å². The zero-order chi connectivity index (χ0) is 9.31. The molecule has 1 aliphatic heterocycles. The van der Waals surface area contributed by atoms with Gasteiger partial charge in [0.15, 0.2) is 0 Å². The van der Waals surface area contributed by atoms with Gasteiger partial charge in [0, 0.05) is 12.6 Å². The van der Waals surface area contributed by atoms with Gasteiger partial charge in [-0.1, -0.05) is 13.3 Å². The molecule has 0 N–H and O–H groups in total. The minimum absolute atomic E-state index is 0.256. The Morgan fingerprint density at radius 1 is 1.46 bits per heavy atom. The van der Waals surface area contributed by atoms with Crippen LogP contribution in [0.2, 0.25) is 0 Å². The number of rotatable bonds is 5. The first-order valence-corrected chi connectivity index (χ1v) is 5.61. The van der Waals surface area contributed by atoms with E-state index in [2.05, 4.69) is 18.7 Å². The van der Waals surface area contributed by atoms with Gasteiger partial charge in [0.2, 0.25) is 0 Å². The van der Waals surface area contributed by atoms with Crippen LogP contribution in [0.4, 0.5) is 0 Å². The molecule has 1 aliphatic carbocycles. The molecule has 1 heterocycles. The van der Waals surface area contributed by atoms with Crippen LogP contribution < -0.4 is 0 Å². The minimum atomic E-state index is 0.256. The molecule has 2 fully saturated rings. The standard InChI is InChI=1S/C11H21NO/c1-3-4-10-5-8-12(10)9-13-11(2)6-7-11/h10H,3-9H2,1-2H3. The highest BCUT2D eigenvalue weighted by Gasteiger charge is 2.40. The average Bonchev–Trinajstić information content (AvgIpc) is 2.78. The summed E-state index contributed by atoms with van der Waals surface area (Å²) in [5.41, 5.74) is 0.256. The molecule has 0 spiro atoms. The van der Waals surface area contributed by atoms with E-state index in [1.165, 1.54) is 38.6 Å². The maximum Gasteiger partial charge on any atom is 0.1000 e. The van der Waals surface area contributed by atoms with Gasteiger partial charge in [-0.25, -0.2) is 0 Å².